The molecule has 0 aliphatic heterocycles. The second-order valence-corrected chi connectivity index (χ2v) is 7.49. The number of nitrogens with two attached hydrogens (primary N) is 1. The molecular weight excluding hydrogens is 320 g/mol. The van der Waals surface area contributed by atoms with Crippen LogP contribution in [0.3, 0.4) is 0 Å². The van der Waals surface area contributed by atoms with Gasteiger partial charge in [-0.1, -0.05) is 0 Å². The molecule has 3 aromatic rings. The first-order valence-corrected chi connectivity index (χ1v) is 9.03. The first-order valence-electron chi connectivity index (χ1n) is 8.22. The lowest BCUT2D eigenvalue weighted by atomic mass is 10.1. The predicted molar refractivity (Wildman–Crippen MR) is 99.8 cm³/mol. The number of hydrogen-bond donors (Lipinski definition) is 3. The Hall–Kier alpha value is -1.99. The Morgan fingerprint density at radius 3 is 2.75 bits per heavy atom. The number of aromatic nitrogens is 4. The molecule has 3 aromatic heterocycles. The number of aryl methyl sites for hydroxylation is 3. The Balaban J connectivity index is 1.91. The fourth-order valence-corrected chi connectivity index (χ4v) is 3.86. The number of aromatic amines is 1. The molecule has 0 saturated carbocycles. The maximum Gasteiger partial charge on any atom is 0.139 e. The van der Waals surface area contributed by atoms with Crippen LogP contribution >= 0.6 is 11.3 Å². The summed E-state index contributed by atoms with van der Waals surface area (Å²) >= 11 is 1.72. The van der Waals surface area contributed by atoms with E-state index in [1.54, 1.807) is 11.3 Å². The Morgan fingerprint density at radius 1 is 1.29 bits per heavy atom. The molecule has 0 fully saturated rings. The van der Waals surface area contributed by atoms with E-state index in [4.69, 9.17) is 10.7 Å². The normalized spacial score (nSPS) is 12.7. The summed E-state index contributed by atoms with van der Waals surface area (Å²) in [6.07, 6.45) is 1.53. The van der Waals surface area contributed by atoms with Crippen LogP contribution in [0.5, 0.6) is 0 Å². The smallest absolute Gasteiger partial charge is 0.139 e. The number of rotatable bonds is 6. The summed E-state index contributed by atoms with van der Waals surface area (Å²) in [5.74, 6) is 1.71. The Morgan fingerprint density at radius 2 is 2.08 bits per heavy atom. The minimum atomic E-state index is 0.219. The van der Waals surface area contributed by atoms with Crippen LogP contribution in [-0.4, -0.2) is 32.8 Å². The van der Waals surface area contributed by atoms with Gasteiger partial charge in [-0.15, -0.1) is 11.3 Å². The van der Waals surface area contributed by atoms with Crippen LogP contribution in [0, 0.1) is 20.8 Å². The maximum absolute atomic E-state index is 5.69. The van der Waals surface area contributed by atoms with E-state index in [1.807, 2.05) is 6.92 Å². The van der Waals surface area contributed by atoms with Crippen LogP contribution in [0.4, 0.5) is 5.82 Å². The van der Waals surface area contributed by atoms with Crippen molar-refractivity contribution < 1.29 is 0 Å². The van der Waals surface area contributed by atoms with Crippen LogP contribution in [0.25, 0.3) is 10.2 Å². The SMILES string of the molecule is Cc1cc(C[C@H](C)Nc2nc(CCN)nc3sc(C)c(C)c23)n[nH]1. The quantitative estimate of drug-likeness (QED) is 0.639. The molecule has 3 rings (SSSR count). The van der Waals surface area contributed by atoms with Gasteiger partial charge in [0, 0.05) is 29.5 Å². The zero-order valence-corrected chi connectivity index (χ0v) is 15.4. The van der Waals surface area contributed by atoms with Crippen LogP contribution < -0.4 is 11.1 Å². The molecule has 7 heteroatoms. The highest BCUT2D eigenvalue weighted by Gasteiger charge is 2.16. The van der Waals surface area contributed by atoms with Crippen molar-refractivity contribution in [3.63, 3.8) is 0 Å². The lowest BCUT2D eigenvalue weighted by molar-refractivity contribution is 0.758. The minimum Gasteiger partial charge on any atom is -0.367 e. The van der Waals surface area contributed by atoms with Crippen molar-refractivity contribution in [1.29, 1.82) is 0 Å². The van der Waals surface area contributed by atoms with Crippen LogP contribution in [0.2, 0.25) is 0 Å². The van der Waals surface area contributed by atoms with Crippen molar-refractivity contribution >= 4 is 27.4 Å². The highest BCUT2D eigenvalue weighted by atomic mass is 32.1. The first kappa shape index (κ1) is 16.9. The van der Waals surface area contributed by atoms with Gasteiger partial charge in [-0.05, 0) is 45.9 Å². The van der Waals surface area contributed by atoms with Gasteiger partial charge in [0.2, 0.25) is 0 Å². The van der Waals surface area contributed by atoms with Gasteiger partial charge in [0.1, 0.15) is 16.5 Å². The van der Waals surface area contributed by atoms with Crippen LogP contribution in [-0.2, 0) is 12.8 Å². The van der Waals surface area contributed by atoms with Crippen LogP contribution in [0.1, 0.15) is 34.6 Å². The number of thiophene rings is 1. The number of nitrogens with one attached hydrogen (secondary N) is 2. The second kappa shape index (κ2) is 6.86. The van der Waals surface area contributed by atoms with Gasteiger partial charge in [0.25, 0.3) is 0 Å². The molecule has 4 N–H and O–H groups in total. The number of fused-ring (bicyclic) bond motifs is 1. The van der Waals surface area contributed by atoms with Gasteiger partial charge in [0.05, 0.1) is 11.1 Å². The first-order chi connectivity index (χ1) is 11.5. The van der Waals surface area contributed by atoms with E-state index < -0.39 is 0 Å². The van der Waals surface area contributed by atoms with Crippen molar-refractivity contribution in [2.45, 2.75) is 46.6 Å². The van der Waals surface area contributed by atoms with Crippen molar-refractivity contribution in [1.82, 2.24) is 20.2 Å². The van der Waals surface area contributed by atoms with E-state index in [2.05, 4.69) is 47.3 Å². The number of nitrogens with zero attached hydrogens (tertiary/aromatic N) is 3. The highest BCUT2D eigenvalue weighted by Crippen LogP contribution is 2.33. The van der Waals surface area contributed by atoms with Crippen LogP contribution in [0.15, 0.2) is 6.07 Å². The lowest BCUT2D eigenvalue weighted by Crippen LogP contribution is -2.20. The second-order valence-electron chi connectivity index (χ2n) is 6.28. The molecule has 0 aromatic carbocycles. The standard InChI is InChI=1S/C17H24N6S/c1-9(7-13-8-10(2)22-23-13)19-16-15-11(3)12(4)24-17(15)21-14(20-16)5-6-18/h8-9H,5-7,18H2,1-4H3,(H,22,23)(H,19,20,21)/t9-/m0/s1. The molecule has 0 aliphatic carbocycles. The van der Waals surface area contributed by atoms with Crippen molar-refractivity contribution in [3.05, 3.63) is 33.7 Å². The number of anilines is 1. The largest absolute Gasteiger partial charge is 0.367 e. The highest BCUT2D eigenvalue weighted by molar-refractivity contribution is 7.18. The summed E-state index contributed by atoms with van der Waals surface area (Å²) < 4.78 is 0. The molecule has 0 spiro atoms. The summed E-state index contributed by atoms with van der Waals surface area (Å²) in [6, 6.07) is 2.30. The predicted octanol–water partition coefficient (Wildman–Crippen LogP) is 2.88. The molecule has 0 unspecified atom stereocenters. The molecule has 0 saturated heterocycles. The average Bonchev–Trinajstić information content (AvgIpc) is 3.03. The lowest BCUT2D eigenvalue weighted by Gasteiger charge is -2.15. The Bertz CT molecular complexity index is 850. The minimum absolute atomic E-state index is 0.219. The van der Waals surface area contributed by atoms with E-state index >= 15 is 0 Å². The Kier molecular flexibility index (Phi) is 4.82. The monoisotopic (exact) mass is 344 g/mol. The summed E-state index contributed by atoms with van der Waals surface area (Å²) in [5, 5.41) is 12.0. The summed E-state index contributed by atoms with van der Waals surface area (Å²) in [5.41, 5.74) is 9.07. The molecule has 0 amide bonds. The van der Waals surface area contributed by atoms with Gasteiger partial charge in [-0.25, -0.2) is 9.97 Å². The van der Waals surface area contributed by atoms with Gasteiger partial charge in [-0.2, -0.15) is 5.10 Å². The van der Waals surface area contributed by atoms with Crippen molar-refractivity contribution in [2.75, 3.05) is 11.9 Å². The molecule has 128 valence electrons. The molecule has 0 radical (unpaired) electrons. The summed E-state index contributed by atoms with van der Waals surface area (Å²) in [6.45, 7) is 8.97. The maximum atomic E-state index is 5.69. The zero-order valence-electron chi connectivity index (χ0n) is 14.6. The third-order valence-electron chi connectivity index (χ3n) is 4.10. The number of hydrogen-bond acceptors (Lipinski definition) is 6. The van der Waals surface area contributed by atoms with Gasteiger partial charge < -0.3 is 11.1 Å². The molecule has 3 heterocycles. The molecule has 24 heavy (non-hydrogen) atoms. The van der Waals surface area contributed by atoms with Gasteiger partial charge in [-0.3, -0.25) is 5.10 Å². The van der Waals surface area contributed by atoms with E-state index in [0.717, 1.165) is 39.7 Å². The average molecular weight is 344 g/mol. The molecule has 0 aliphatic rings. The molecule has 6 nitrogen and oxygen atoms in total. The third-order valence-corrected chi connectivity index (χ3v) is 5.20. The van der Waals surface area contributed by atoms with Crippen molar-refractivity contribution in [3.8, 4) is 0 Å². The van der Waals surface area contributed by atoms with E-state index in [9.17, 15) is 0 Å². The number of H-pyrrole nitrogens is 1. The van der Waals surface area contributed by atoms with Crippen molar-refractivity contribution in [2.24, 2.45) is 5.73 Å². The van der Waals surface area contributed by atoms with E-state index in [1.165, 1.54) is 10.4 Å². The zero-order chi connectivity index (χ0) is 17.3. The van der Waals surface area contributed by atoms with Gasteiger partial charge in [0.15, 0.2) is 0 Å². The third kappa shape index (κ3) is 3.42. The fraction of sp³-hybridized carbons (Fsp3) is 0.471. The molecule has 0 bridgehead atoms. The molecular formula is C17H24N6S. The summed E-state index contributed by atoms with van der Waals surface area (Å²) in [4.78, 5) is 11.7. The topological polar surface area (TPSA) is 92.5 Å². The fourth-order valence-electron chi connectivity index (χ4n) is 2.82. The molecule has 1 atom stereocenters. The Labute approximate surface area is 145 Å². The van der Waals surface area contributed by atoms with E-state index in [-0.39, 0.29) is 6.04 Å². The van der Waals surface area contributed by atoms with E-state index in [0.29, 0.717) is 13.0 Å². The summed E-state index contributed by atoms with van der Waals surface area (Å²) in [7, 11) is 0. The van der Waals surface area contributed by atoms with Gasteiger partial charge >= 0.3 is 0 Å².